The Kier molecular flexibility index (Phi) is 4.78. The van der Waals surface area contributed by atoms with Gasteiger partial charge in [0, 0.05) is 5.75 Å². The zero-order valence-electron chi connectivity index (χ0n) is 8.16. The molecule has 0 saturated carbocycles. The van der Waals surface area contributed by atoms with E-state index < -0.39 is 6.10 Å². The van der Waals surface area contributed by atoms with E-state index in [0.29, 0.717) is 5.75 Å². The van der Waals surface area contributed by atoms with E-state index in [1.54, 1.807) is 18.9 Å². The molecule has 1 rings (SSSR count). The first-order valence-electron chi connectivity index (χ1n) is 4.19. The van der Waals surface area contributed by atoms with Gasteiger partial charge in [0.25, 0.3) is 0 Å². The van der Waals surface area contributed by atoms with Crippen LogP contribution in [0.5, 0.6) is 5.75 Å². The Balaban J connectivity index is 2.85. The number of benzene rings is 1. The summed E-state index contributed by atoms with van der Waals surface area (Å²) >= 11 is 5.01. The third-order valence-electron chi connectivity index (χ3n) is 1.89. The molecule has 1 N–H and O–H groups in total. The van der Waals surface area contributed by atoms with Crippen LogP contribution in [0.4, 0.5) is 0 Å². The Morgan fingerprint density at radius 3 is 2.79 bits per heavy atom. The number of aliphatic hydroxyl groups is 1. The maximum absolute atomic E-state index is 9.73. The molecular formula is C10H13BrO2S. The van der Waals surface area contributed by atoms with Crippen molar-refractivity contribution in [3.63, 3.8) is 0 Å². The minimum atomic E-state index is -0.410. The second kappa shape index (κ2) is 5.63. The fourth-order valence-corrected chi connectivity index (χ4v) is 2.21. The van der Waals surface area contributed by atoms with Gasteiger partial charge < -0.3 is 9.84 Å². The quantitative estimate of drug-likeness (QED) is 0.917. The molecule has 4 heteroatoms. The van der Waals surface area contributed by atoms with E-state index in [4.69, 9.17) is 4.74 Å². The Morgan fingerprint density at radius 2 is 2.29 bits per heavy atom. The summed E-state index contributed by atoms with van der Waals surface area (Å²) in [5.41, 5.74) is 0.909. The molecule has 0 aliphatic carbocycles. The molecule has 0 fully saturated rings. The molecule has 1 unspecified atom stereocenters. The predicted molar refractivity (Wildman–Crippen MR) is 64.0 cm³/mol. The third kappa shape index (κ3) is 2.90. The summed E-state index contributed by atoms with van der Waals surface area (Å²) < 4.78 is 5.98. The van der Waals surface area contributed by atoms with Gasteiger partial charge in [-0.05, 0) is 39.9 Å². The molecule has 1 aromatic rings. The summed E-state index contributed by atoms with van der Waals surface area (Å²) in [4.78, 5) is 0. The highest BCUT2D eigenvalue weighted by molar-refractivity contribution is 9.10. The van der Waals surface area contributed by atoms with Gasteiger partial charge in [-0.1, -0.05) is 6.07 Å². The standard InChI is InChI=1S/C10H13BrO2S/c1-13-10-4-3-7(5-8(10)11)9(12)6-14-2/h3-5,9,12H,6H2,1-2H3. The summed E-state index contributed by atoms with van der Waals surface area (Å²) in [7, 11) is 1.62. The molecule has 2 nitrogen and oxygen atoms in total. The lowest BCUT2D eigenvalue weighted by molar-refractivity contribution is 0.204. The fraction of sp³-hybridized carbons (Fsp3) is 0.400. The number of ether oxygens (including phenoxy) is 1. The van der Waals surface area contributed by atoms with Crippen LogP contribution in [0.15, 0.2) is 22.7 Å². The summed E-state index contributed by atoms with van der Waals surface area (Å²) in [5, 5.41) is 9.73. The van der Waals surface area contributed by atoms with Gasteiger partial charge in [-0.3, -0.25) is 0 Å². The number of thioether (sulfide) groups is 1. The third-order valence-corrected chi connectivity index (χ3v) is 3.15. The Labute approximate surface area is 96.8 Å². The predicted octanol–water partition coefficient (Wildman–Crippen LogP) is 2.85. The molecule has 0 aliphatic heterocycles. The number of halogens is 1. The second-order valence-corrected chi connectivity index (χ2v) is 4.63. The molecule has 14 heavy (non-hydrogen) atoms. The van der Waals surface area contributed by atoms with Crippen molar-refractivity contribution >= 4 is 27.7 Å². The first kappa shape index (κ1) is 11.9. The Hall–Kier alpha value is -0.190. The average Bonchev–Trinajstić information content (AvgIpc) is 2.18. The Morgan fingerprint density at radius 1 is 1.57 bits per heavy atom. The fourth-order valence-electron chi connectivity index (χ4n) is 1.14. The van der Waals surface area contributed by atoms with E-state index in [1.165, 1.54) is 0 Å². The molecule has 0 spiro atoms. The molecule has 1 aromatic carbocycles. The van der Waals surface area contributed by atoms with Crippen LogP contribution in [-0.4, -0.2) is 24.2 Å². The molecule has 0 aliphatic rings. The summed E-state index contributed by atoms with van der Waals surface area (Å²) in [6, 6.07) is 5.62. The van der Waals surface area contributed by atoms with Crippen LogP contribution in [0.1, 0.15) is 11.7 Å². The van der Waals surface area contributed by atoms with E-state index >= 15 is 0 Å². The maximum Gasteiger partial charge on any atom is 0.133 e. The van der Waals surface area contributed by atoms with Crippen molar-refractivity contribution in [3.05, 3.63) is 28.2 Å². The van der Waals surface area contributed by atoms with Crippen molar-refractivity contribution in [1.82, 2.24) is 0 Å². The molecule has 0 bridgehead atoms. The van der Waals surface area contributed by atoms with Gasteiger partial charge in [0.15, 0.2) is 0 Å². The van der Waals surface area contributed by atoms with E-state index in [0.717, 1.165) is 15.8 Å². The number of methoxy groups -OCH3 is 1. The minimum Gasteiger partial charge on any atom is -0.496 e. The second-order valence-electron chi connectivity index (χ2n) is 2.87. The lowest BCUT2D eigenvalue weighted by atomic mass is 10.1. The highest BCUT2D eigenvalue weighted by atomic mass is 79.9. The van der Waals surface area contributed by atoms with Crippen molar-refractivity contribution in [3.8, 4) is 5.75 Å². The van der Waals surface area contributed by atoms with Crippen molar-refractivity contribution < 1.29 is 9.84 Å². The van der Waals surface area contributed by atoms with Crippen LogP contribution < -0.4 is 4.74 Å². The first-order chi connectivity index (χ1) is 6.69. The van der Waals surface area contributed by atoms with Gasteiger partial charge in [-0.25, -0.2) is 0 Å². The van der Waals surface area contributed by atoms with Crippen molar-refractivity contribution in [2.24, 2.45) is 0 Å². The number of hydrogen-bond acceptors (Lipinski definition) is 3. The zero-order valence-corrected chi connectivity index (χ0v) is 10.6. The van der Waals surface area contributed by atoms with E-state index in [9.17, 15) is 5.11 Å². The van der Waals surface area contributed by atoms with Crippen LogP contribution in [0.25, 0.3) is 0 Å². The lowest BCUT2D eigenvalue weighted by Crippen LogP contribution is -2.00. The maximum atomic E-state index is 9.73. The summed E-state index contributed by atoms with van der Waals surface area (Å²) in [6.07, 6.45) is 1.56. The zero-order chi connectivity index (χ0) is 10.6. The molecular weight excluding hydrogens is 264 g/mol. The van der Waals surface area contributed by atoms with Crippen molar-refractivity contribution in [2.75, 3.05) is 19.1 Å². The Bertz CT molecular complexity index is 304. The van der Waals surface area contributed by atoms with Crippen molar-refractivity contribution in [2.45, 2.75) is 6.10 Å². The molecule has 0 saturated heterocycles. The van der Waals surface area contributed by atoms with Crippen LogP contribution in [0.2, 0.25) is 0 Å². The van der Waals surface area contributed by atoms with Crippen molar-refractivity contribution in [1.29, 1.82) is 0 Å². The van der Waals surface area contributed by atoms with Gasteiger partial charge in [0.1, 0.15) is 5.75 Å². The first-order valence-corrected chi connectivity index (χ1v) is 6.38. The molecule has 78 valence electrons. The molecule has 1 atom stereocenters. The van der Waals surface area contributed by atoms with E-state index in [1.807, 2.05) is 24.5 Å². The topological polar surface area (TPSA) is 29.5 Å². The van der Waals surface area contributed by atoms with Gasteiger partial charge in [0.05, 0.1) is 17.7 Å². The van der Waals surface area contributed by atoms with Gasteiger partial charge >= 0.3 is 0 Å². The lowest BCUT2D eigenvalue weighted by Gasteiger charge is -2.11. The van der Waals surface area contributed by atoms with Crippen LogP contribution >= 0.6 is 27.7 Å². The number of aliphatic hydroxyl groups excluding tert-OH is 1. The van der Waals surface area contributed by atoms with E-state index in [-0.39, 0.29) is 0 Å². The molecule has 0 aromatic heterocycles. The monoisotopic (exact) mass is 276 g/mol. The molecule has 0 amide bonds. The minimum absolute atomic E-state index is 0.410. The van der Waals surface area contributed by atoms with Gasteiger partial charge in [-0.2, -0.15) is 11.8 Å². The van der Waals surface area contributed by atoms with Gasteiger partial charge in [-0.15, -0.1) is 0 Å². The van der Waals surface area contributed by atoms with Crippen LogP contribution in [0.3, 0.4) is 0 Å². The average molecular weight is 277 g/mol. The van der Waals surface area contributed by atoms with Crippen LogP contribution in [-0.2, 0) is 0 Å². The SMILES string of the molecule is COc1ccc(C(O)CSC)cc1Br. The van der Waals surface area contributed by atoms with E-state index in [2.05, 4.69) is 15.9 Å². The number of rotatable bonds is 4. The summed E-state index contributed by atoms with van der Waals surface area (Å²) in [6.45, 7) is 0. The number of hydrogen-bond donors (Lipinski definition) is 1. The largest absolute Gasteiger partial charge is 0.496 e. The van der Waals surface area contributed by atoms with Crippen LogP contribution in [0, 0.1) is 0 Å². The molecule has 0 radical (unpaired) electrons. The van der Waals surface area contributed by atoms with Gasteiger partial charge in [0.2, 0.25) is 0 Å². The highest BCUT2D eigenvalue weighted by Gasteiger charge is 2.08. The normalized spacial score (nSPS) is 12.6. The molecule has 0 heterocycles. The highest BCUT2D eigenvalue weighted by Crippen LogP contribution is 2.28. The smallest absolute Gasteiger partial charge is 0.133 e. The summed E-state index contributed by atoms with van der Waals surface area (Å²) in [5.74, 6) is 1.49.